The van der Waals surface area contributed by atoms with Crippen LogP contribution in [-0.4, -0.2) is 47.6 Å². The second-order valence-corrected chi connectivity index (χ2v) is 8.79. The number of halogens is 1. The molecule has 1 aliphatic rings. The molecular formula is C13H14ClN3O3S2. The highest BCUT2D eigenvalue weighted by molar-refractivity contribution is 7.99. The summed E-state index contributed by atoms with van der Waals surface area (Å²) in [4.78, 5) is 19.3. The highest BCUT2D eigenvalue weighted by Gasteiger charge is 2.28. The lowest BCUT2D eigenvalue weighted by atomic mass is 10.3. The topological polar surface area (TPSA) is 91.9 Å². The Bertz CT molecular complexity index is 819. The Hall–Kier alpha value is -1.25. The molecule has 0 saturated carbocycles. The molecule has 1 fully saturated rings. The smallest absolute Gasteiger partial charge is 0.230 e. The van der Waals surface area contributed by atoms with Crippen LogP contribution in [0, 0.1) is 0 Å². The van der Waals surface area contributed by atoms with Crippen LogP contribution in [0.15, 0.2) is 23.4 Å². The zero-order chi connectivity index (χ0) is 15.7. The molecule has 2 aromatic rings. The van der Waals surface area contributed by atoms with Crippen LogP contribution in [-0.2, 0) is 14.6 Å². The van der Waals surface area contributed by atoms with Gasteiger partial charge in [-0.25, -0.2) is 13.4 Å². The van der Waals surface area contributed by atoms with Crippen LogP contribution < -0.4 is 5.32 Å². The third kappa shape index (κ3) is 3.74. The van der Waals surface area contributed by atoms with Crippen LogP contribution in [0.3, 0.4) is 0 Å². The molecule has 3 rings (SSSR count). The van der Waals surface area contributed by atoms with Crippen molar-refractivity contribution in [1.29, 1.82) is 0 Å². The van der Waals surface area contributed by atoms with E-state index in [2.05, 4.69) is 15.3 Å². The van der Waals surface area contributed by atoms with Gasteiger partial charge in [-0.05, 0) is 24.6 Å². The van der Waals surface area contributed by atoms with E-state index in [0.717, 1.165) is 11.0 Å². The van der Waals surface area contributed by atoms with Crippen molar-refractivity contribution in [2.75, 3.05) is 17.3 Å². The van der Waals surface area contributed by atoms with Crippen LogP contribution in [0.25, 0.3) is 11.0 Å². The van der Waals surface area contributed by atoms with Crippen molar-refractivity contribution < 1.29 is 13.2 Å². The highest BCUT2D eigenvalue weighted by Crippen LogP contribution is 2.22. The first-order valence-corrected chi connectivity index (χ1v) is 9.88. The predicted octanol–water partition coefficient (Wildman–Crippen LogP) is 1.61. The van der Waals surface area contributed by atoms with Gasteiger partial charge < -0.3 is 10.3 Å². The summed E-state index contributed by atoms with van der Waals surface area (Å²) in [6.07, 6.45) is 0.488. The van der Waals surface area contributed by atoms with E-state index in [0.29, 0.717) is 16.6 Å². The number of aromatic amines is 1. The van der Waals surface area contributed by atoms with Crippen LogP contribution in [0.4, 0.5) is 0 Å². The van der Waals surface area contributed by atoms with Crippen molar-refractivity contribution in [2.45, 2.75) is 17.6 Å². The van der Waals surface area contributed by atoms with Crippen molar-refractivity contribution in [2.24, 2.45) is 0 Å². The van der Waals surface area contributed by atoms with Crippen LogP contribution >= 0.6 is 23.4 Å². The number of carbonyl (C=O) groups excluding carboxylic acids is 1. The second kappa shape index (κ2) is 6.10. The molecule has 0 bridgehead atoms. The first kappa shape index (κ1) is 15.6. The molecule has 1 unspecified atom stereocenters. The summed E-state index contributed by atoms with van der Waals surface area (Å²) in [5.74, 6) is 0.178. The van der Waals surface area contributed by atoms with Crippen molar-refractivity contribution >= 4 is 50.1 Å². The number of fused-ring (bicyclic) bond motifs is 1. The van der Waals surface area contributed by atoms with Gasteiger partial charge in [-0.1, -0.05) is 23.4 Å². The van der Waals surface area contributed by atoms with E-state index < -0.39 is 9.84 Å². The van der Waals surface area contributed by atoms with Crippen molar-refractivity contribution in [3.8, 4) is 0 Å². The van der Waals surface area contributed by atoms with Crippen molar-refractivity contribution in [3.05, 3.63) is 23.2 Å². The molecule has 1 saturated heterocycles. The van der Waals surface area contributed by atoms with Crippen molar-refractivity contribution in [3.63, 3.8) is 0 Å². The Kier molecular flexibility index (Phi) is 4.33. The number of sulfone groups is 1. The summed E-state index contributed by atoms with van der Waals surface area (Å²) in [6, 6.07) is 5.07. The zero-order valence-corrected chi connectivity index (χ0v) is 13.9. The number of hydrogen-bond acceptors (Lipinski definition) is 5. The summed E-state index contributed by atoms with van der Waals surface area (Å²) in [5, 5.41) is 4.00. The number of H-pyrrole nitrogens is 1. The minimum Gasteiger partial charge on any atom is -0.352 e. The SMILES string of the molecule is O=C(CSc1nc2ccc(Cl)cc2[nH]1)NC1CCS(=O)(=O)C1. The Morgan fingerprint density at radius 3 is 3.05 bits per heavy atom. The predicted molar refractivity (Wildman–Crippen MR) is 87.0 cm³/mol. The van der Waals surface area contributed by atoms with E-state index in [9.17, 15) is 13.2 Å². The fourth-order valence-electron chi connectivity index (χ4n) is 2.34. The molecule has 1 aromatic carbocycles. The van der Waals surface area contributed by atoms with Gasteiger partial charge in [-0.3, -0.25) is 4.79 Å². The number of aromatic nitrogens is 2. The van der Waals surface area contributed by atoms with Gasteiger partial charge in [-0.2, -0.15) is 0 Å². The number of imidazole rings is 1. The Morgan fingerprint density at radius 1 is 1.50 bits per heavy atom. The maximum atomic E-state index is 11.9. The average Bonchev–Trinajstić information content (AvgIpc) is 2.98. The average molecular weight is 360 g/mol. The minimum atomic E-state index is -2.98. The van der Waals surface area contributed by atoms with Gasteiger partial charge in [0.1, 0.15) is 0 Å². The zero-order valence-electron chi connectivity index (χ0n) is 11.5. The largest absolute Gasteiger partial charge is 0.352 e. The fraction of sp³-hybridized carbons (Fsp3) is 0.385. The summed E-state index contributed by atoms with van der Waals surface area (Å²) < 4.78 is 22.7. The first-order valence-electron chi connectivity index (χ1n) is 6.69. The van der Waals surface area contributed by atoms with Gasteiger partial charge in [0.2, 0.25) is 5.91 Å². The quantitative estimate of drug-likeness (QED) is 0.809. The lowest BCUT2D eigenvalue weighted by molar-refractivity contribution is -0.119. The van der Waals surface area contributed by atoms with Crippen LogP contribution in [0.1, 0.15) is 6.42 Å². The lowest BCUT2D eigenvalue weighted by Gasteiger charge is -2.09. The molecule has 1 aliphatic heterocycles. The van der Waals surface area contributed by atoms with E-state index in [-0.39, 0.29) is 29.2 Å². The molecular weight excluding hydrogens is 346 g/mol. The third-order valence-electron chi connectivity index (χ3n) is 3.36. The number of hydrogen-bond donors (Lipinski definition) is 2. The standard InChI is InChI=1S/C13H14ClN3O3S2/c14-8-1-2-10-11(5-8)17-13(16-10)21-6-12(18)15-9-3-4-22(19,20)7-9/h1-2,5,9H,3-4,6-7H2,(H,15,18)(H,16,17). The number of amides is 1. The molecule has 6 nitrogen and oxygen atoms in total. The van der Waals surface area contributed by atoms with Crippen LogP contribution in [0.2, 0.25) is 5.02 Å². The monoisotopic (exact) mass is 359 g/mol. The van der Waals surface area contributed by atoms with Gasteiger partial charge in [-0.15, -0.1) is 0 Å². The van der Waals surface area contributed by atoms with Crippen molar-refractivity contribution in [1.82, 2.24) is 15.3 Å². The Morgan fingerprint density at radius 2 is 2.32 bits per heavy atom. The molecule has 1 amide bonds. The van der Waals surface area contributed by atoms with E-state index in [4.69, 9.17) is 11.6 Å². The Balaban J connectivity index is 1.56. The molecule has 0 aliphatic carbocycles. The van der Waals surface area contributed by atoms with Gasteiger partial charge >= 0.3 is 0 Å². The summed E-state index contributed by atoms with van der Waals surface area (Å²) in [7, 11) is -2.98. The maximum Gasteiger partial charge on any atom is 0.230 e. The van der Waals surface area contributed by atoms with Gasteiger partial charge in [0.15, 0.2) is 15.0 Å². The van der Waals surface area contributed by atoms with E-state index in [1.54, 1.807) is 12.1 Å². The molecule has 118 valence electrons. The minimum absolute atomic E-state index is 0.0343. The molecule has 2 N–H and O–H groups in total. The molecule has 0 radical (unpaired) electrons. The van der Waals surface area contributed by atoms with Gasteiger partial charge in [0.05, 0.1) is 28.3 Å². The molecule has 22 heavy (non-hydrogen) atoms. The number of rotatable bonds is 4. The normalized spacial score (nSPS) is 20.3. The molecule has 2 heterocycles. The van der Waals surface area contributed by atoms with Gasteiger partial charge in [0.25, 0.3) is 0 Å². The fourth-order valence-corrected chi connectivity index (χ4v) is 4.88. The molecule has 1 aromatic heterocycles. The number of nitrogens with one attached hydrogen (secondary N) is 2. The summed E-state index contributed by atoms with van der Waals surface area (Å²) >= 11 is 7.18. The number of carbonyl (C=O) groups is 1. The number of nitrogens with zero attached hydrogens (tertiary/aromatic N) is 1. The number of thioether (sulfide) groups is 1. The summed E-state index contributed by atoms with van der Waals surface area (Å²) in [5.41, 5.74) is 1.60. The molecule has 0 spiro atoms. The molecule has 1 atom stereocenters. The van der Waals surface area contributed by atoms with Gasteiger partial charge in [0, 0.05) is 11.1 Å². The Labute approximate surface area is 136 Å². The van der Waals surface area contributed by atoms with E-state index >= 15 is 0 Å². The lowest BCUT2D eigenvalue weighted by Crippen LogP contribution is -2.36. The second-order valence-electron chi connectivity index (χ2n) is 5.16. The highest BCUT2D eigenvalue weighted by atomic mass is 35.5. The van der Waals surface area contributed by atoms with E-state index in [1.165, 1.54) is 11.8 Å². The first-order chi connectivity index (χ1) is 10.4. The molecule has 9 heteroatoms. The van der Waals surface area contributed by atoms with Crippen LogP contribution in [0.5, 0.6) is 0 Å². The van der Waals surface area contributed by atoms with E-state index in [1.807, 2.05) is 6.07 Å². The summed E-state index contributed by atoms with van der Waals surface area (Å²) in [6.45, 7) is 0. The number of benzene rings is 1. The third-order valence-corrected chi connectivity index (χ3v) is 6.24. The maximum absolute atomic E-state index is 11.9.